The van der Waals surface area contributed by atoms with E-state index in [1.165, 1.54) is 0 Å². The maximum atomic E-state index is 12.0. The molecular formula is C14H23N3O2. The smallest absolute Gasteiger partial charge is 0.237 e. The monoisotopic (exact) mass is 265 g/mol. The van der Waals surface area contributed by atoms with Gasteiger partial charge in [0.05, 0.1) is 18.8 Å². The highest BCUT2D eigenvalue weighted by Crippen LogP contribution is 2.09. The minimum Gasteiger partial charge on any atom is -0.467 e. The summed E-state index contributed by atoms with van der Waals surface area (Å²) >= 11 is 0. The number of furan rings is 1. The van der Waals surface area contributed by atoms with E-state index >= 15 is 0 Å². The highest BCUT2D eigenvalue weighted by atomic mass is 16.3. The Hall–Kier alpha value is -1.33. The van der Waals surface area contributed by atoms with E-state index < -0.39 is 0 Å². The van der Waals surface area contributed by atoms with E-state index in [2.05, 4.69) is 22.6 Å². The van der Waals surface area contributed by atoms with Crippen LogP contribution in [-0.4, -0.2) is 43.0 Å². The third-order valence-electron chi connectivity index (χ3n) is 3.61. The molecule has 106 valence electrons. The lowest BCUT2D eigenvalue weighted by Crippen LogP contribution is -2.49. The molecule has 5 nitrogen and oxygen atoms in total. The summed E-state index contributed by atoms with van der Waals surface area (Å²) in [7, 11) is 2.13. The van der Waals surface area contributed by atoms with Gasteiger partial charge in [-0.05, 0) is 52.0 Å². The molecule has 1 aliphatic heterocycles. The number of nitrogens with zero attached hydrogens (tertiary/aromatic N) is 1. The molecule has 1 aromatic heterocycles. The molecule has 0 radical (unpaired) electrons. The summed E-state index contributed by atoms with van der Waals surface area (Å²) in [4.78, 5) is 14.3. The fraction of sp³-hybridized carbons (Fsp3) is 0.643. The Morgan fingerprint density at radius 2 is 2.26 bits per heavy atom. The van der Waals surface area contributed by atoms with Crippen LogP contribution in [0, 0.1) is 0 Å². The fourth-order valence-electron chi connectivity index (χ4n) is 2.34. The molecular weight excluding hydrogens is 242 g/mol. The van der Waals surface area contributed by atoms with E-state index in [-0.39, 0.29) is 11.9 Å². The predicted molar refractivity (Wildman–Crippen MR) is 73.7 cm³/mol. The number of amides is 1. The second-order valence-corrected chi connectivity index (χ2v) is 5.26. The quantitative estimate of drug-likeness (QED) is 0.833. The standard InChI is InChI=1S/C14H23N3O2/c1-11(16-12-5-7-17(2)8-6-12)14(18)15-10-13-4-3-9-19-13/h3-4,9,11-12,16H,5-8,10H2,1-2H3,(H,15,18). The van der Waals surface area contributed by atoms with Crippen LogP contribution in [-0.2, 0) is 11.3 Å². The molecule has 0 aromatic carbocycles. The van der Waals surface area contributed by atoms with Gasteiger partial charge in [0.25, 0.3) is 0 Å². The lowest BCUT2D eigenvalue weighted by atomic mass is 10.0. The number of likely N-dealkylation sites (tertiary alicyclic amines) is 1. The van der Waals surface area contributed by atoms with E-state index in [9.17, 15) is 4.79 Å². The molecule has 2 rings (SSSR count). The van der Waals surface area contributed by atoms with Crippen LogP contribution in [0.3, 0.4) is 0 Å². The molecule has 1 aliphatic rings. The Kier molecular flexibility index (Phi) is 4.99. The van der Waals surface area contributed by atoms with Crippen LogP contribution in [0.2, 0.25) is 0 Å². The van der Waals surface area contributed by atoms with Crippen molar-refractivity contribution in [2.45, 2.75) is 38.4 Å². The van der Waals surface area contributed by atoms with Crippen molar-refractivity contribution in [1.82, 2.24) is 15.5 Å². The number of carbonyl (C=O) groups excluding carboxylic acids is 1. The second-order valence-electron chi connectivity index (χ2n) is 5.26. The lowest BCUT2D eigenvalue weighted by molar-refractivity contribution is -0.123. The summed E-state index contributed by atoms with van der Waals surface area (Å²) in [6, 6.07) is 3.96. The molecule has 1 saturated heterocycles. The van der Waals surface area contributed by atoms with Gasteiger partial charge in [0.15, 0.2) is 0 Å². The zero-order valence-corrected chi connectivity index (χ0v) is 11.7. The third-order valence-corrected chi connectivity index (χ3v) is 3.61. The summed E-state index contributed by atoms with van der Waals surface area (Å²) in [6.07, 6.45) is 3.82. The highest BCUT2D eigenvalue weighted by molar-refractivity contribution is 5.81. The number of nitrogens with one attached hydrogen (secondary N) is 2. The van der Waals surface area contributed by atoms with E-state index in [1.54, 1.807) is 6.26 Å². The zero-order valence-electron chi connectivity index (χ0n) is 11.7. The lowest BCUT2D eigenvalue weighted by Gasteiger charge is -2.31. The van der Waals surface area contributed by atoms with Crippen LogP contribution < -0.4 is 10.6 Å². The van der Waals surface area contributed by atoms with Crippen molar-refractivity contribution < 1.29 is 9.21 Å². The highest BCUT2D eigenvalue weighted by Gasteiger charge is 2.21. The van der Waals surface area contributed by atoms with Gasteiger partial charge in [-0.1, -0.05) is 0 Å². The summed E-state index contributed by atoms with van der Waals surface area (Å²) in [5.74, 6) is 0.801. The molecule has 0 spiro atoms. The molecule has 0 aliphatic carbocycles. The average molecular weight is 265 g/mol. The minimum atomic E-state index is -0.164. The Morgan fingerprint density at radius 1 is 1.53 bits per heavy atom. The van der Waals surface area contributed by atoms with Crippen molar-refractivity contribution in [3.8, 4) is 0 Å². The first-order chi connectivity index (χ1) is 9.15. The SMILES string of the molecule is CC(NC1CCN(C)CC1)C(=O)NCc1ccco1. The molecule has 5 heteroatoms. The maximum absolute atomic E-state index is 12.0. The van der Waals surface area contributed by atoms with Crippen molar-refractivity contribution in [2.75, 3.05) is 20.1 Å². The molecule has 1 amide bonds. The van der Waals surface area contributed by atoms with Gasteiger partial charge in [0.1, 0.15) is 5.76 Å². The van der Waals surface area contributed by atoms with Crippen LogP contribution in [0.1, 0.15) is 25.5 Å². The Labute approximate surface area is 114 Å². The molecule has 2 heterocycles. The third kappa shape index (κ3) is 4.36. The van der Waals surface area contributed by atoms with Gasteiger partial charge in [0.2, 0.25) is 5.91 Å². The Bertz CT molecular complexity index is 383. The molecule has 1 atom stereocenters. The van der Waals surface area contributed by atoms with E-state index in [0.717, 1.165) is 31.7 Å². The van der Waals surface area contributed by atoms with Gasteiger partial charge in [-0.3, -0.25) is 4.79 Å². The van der Waals surface area contributed by atoms with E-state index in [1.807, 2.05) is 19.1 Å². The minimum absolute atomic E-state index is 0.0235. The Balaban J connectivity index is 1.70. The largest absolute Gasteiger partial charge is 0.467 e. The summed E-state index contributed by atoms with van der Waals surface area (Å²) in [5.41, 5.74) is 0. The normalized spacial score (nSPS) is 19.3. The summed E-state index contributed by atoms with van der Waals surface area (Å²) in [5, 5.41) is 6.28. The molecule has 2 N–H and O–H groups in total. The number of hydrogen-bond acceptors (Lipinski definition) is 4. The van der Waals surface area contributed by atoms with Crippen molar-refractivity contribution in [1.29, 1.82) is 0 Å². The number of piperidine rings is 1. The predicted octanol–water partition coefficient (Wildman–Crippen LogP) is 0.968. The average Bonchev–Trinajstić information content (AvgIpc) is 2.91. The van der Waals surface area contributed by atoms with Crippen molar-refractivity contribution in [3.05, 3.63) is 24.2 Å². The first kappa shape index (κ1) is 14.1. The number of carbonyl (C=O) groups is 1. The van der Waals surface area contributed by atoms with Gasteiger partial charge in [0, 0.05) is 6.04 Å². The van der Waals surface area contributed by atoms with Gasteiger partial charge in [-0.2, -0.15) is 0 Å². The first-order valence-electron chi connectivity index (χ1n) is 6.90. The first-order valence-corrected chi connectivity index (χ1v) is 6.90. The van der Waals surface area contributed by atoms with Gasteiger partial charge in [-0.25, -0.2) is 0 Å². The van der Waals surface area contributed by atoms with Crippen LogP contribution in [0.4, 0.5) is 0 Å². The molecule has 1 aromatic rings. The van der Waals surface area contributed by atoms with E-state index in [0.29, 0.717) is 12.6 Å². The Morgan fingerprint density at radius 3 is 2.89 bits per heavy atom. The molecule has 19 heavy (non-hydrogen) atoms. The van der Waals surface area contributed by atoms with Crippen LogP contribution in [0.15, 0.2) is 22.8 Å². The molecule has 1 fully saturated rings. The van der Waals surface area contributed by atoms with Crippen LogP contribution >= 0.6 is 0 Å². The second kappa shape index (κ2) is 6.73. The molecule has 1 unspecified atom stereocenters. The molecule has 0 saturated carbocycles. The van der Waals surface area contributed by atoms with Crippen molar-refractivity contribution in [3.63, 3.8) is 0 Å². The summed E-state index contributed by atoms with van der Waals surface area (Å²) < 4.78 is 5.18. The topological polar surface area (TPSA) is 57.5 Å². The zero-order chi connectivity index (χ0) is 13.7. The molecule has 0 bridgehead atoms. The van der Waals surface area contributed by atoms with E-state index in [4.69, 9.17) is 4.42 Å². The summed E-state index contributed by atoms with van der Waals surface area (Å²) in [6.45, 7) is 4.55. The van der Waals surface area contributed by atoms with Crippen molar-refractivity contribution in [2.24, 2.45) is 0 Å². The van der Waals surface area contributed by atoms with Crippen LogP contribution in [0.25, 0.3) is 0 Å². The fourth-order valence-corrected chi connectivity index (χ4v) is 2.34. The van der Waals surface area contributed by atoms with Gasteiger partial charge < -0.3 is 20.0 Å². The number of rotatable bonds is 5. The van der Waals surface area contributed by atoms with Crippen LogP contribution in [0.5, 0.6) is 0 Å². The maximum Gasteiger partial charge on any atom is 0.237 e. The number of hydrogen-bond donors (Lipinski definition) is 2. The van der Waals surface area contributed by atoms with Gasteiger partial charge in [-0.15, -0.1) is 0 Å². The van der Waals surface area contributed by atoms with Gasteiger partial charge >= 0.3 is 0 Å². The van der Waals surface area contributed by atoms with Crippen molar-refractivity contribution >= 4 is 5.91 Å².